The number of carboxylic acid groups (broad SMARTS) is 1. The van der Waals surface area contributed by atoms with Crippen LogP contribution in [-0.2, 0) is 47.5 Å². The lowest BCUT2D eigenvalue weighted by Crippen LogP contribution is -2.48. The Morgan fingerprint density at radius 2 is 1.00 bits per heavy atom. The number of benzene rings is 4. The lowest BCUT2D eigenvalue weighted by atomic mass is 10.1. The number of methoxy groups -OCH3 is 1. The van der Waals surface area contributed by atoms with Gasteiger partial charge in [0.1, 0.15) is 12.1 Å². The van der Waals surface area contributed by atoms with E-state index in [2.05, 4.69) is 10.6 Å². The molecule has 6 rings (SSSR count). The van der Waals surface area contributed by atoms with E-state index in [1.807, 2.05) is 0 Å². The minimum Gasteiger partial charge on any atom is -0.478 e. The Bertz CT molecular complexity index is 2330. The summed E-state index contributed by atoms with van der Waals surface area (Å²) in [6.45, 7) is 0.975. The molecule has 14 nitrogen and oxygen atoms in total. The maximum Gasteiger partial charge on any atom is 0.337 e. The van der Waals surface area contributed by atoms with Crippen LogP contribution in [0.1, 0.15) is 70.4 Å². The third-order valence-electron chi connectivity index (χ3n) is 9.80. The number of hydrogen-bond donors (Lipinski definition) is 3. The van der Waals surface area contributed by atoms with Crippen LogP contribution in [-0.4, -0.2) is 86.6 Å². The number of ether oxygens (including phenoxy) is 1. The normalized spacial score (nSPS) is 17.4. The molecule has 0 aliphatic carbocycles. The summed E-state index contributed by atoms with van der Waals surface area (Å²) >= 11 is 11.8. The number of nitrogens with one attached hydrogen (secondary N) is 2. The summed E-state index contributed by atoms with van der Waals surface area (Å²) < 4.78 is 60.8. The van der Waals surface area contributed by atoms with Crippen molar-refractivity contribution in [3.05, 3.63) is 129 Å². The number of carbonyl (C=O) groups is 4. The number of carbonyl (C=O) groups excluding carboxylic acids is 3. The van der Waals surface area contributed by atoms with Gasteiger partial charge in [-0.25, -0.2) is 26.4 Å². The summed E-state index contributed by atoms with van der Waals surface area (Å²) in [4.78, 5) is 48.1. The molecule has 2 saturated heterocycles. The van der Waals surface area contributed by atoms with Gasteiger partial charge in [-0.1, -0.05) is 47.5 Å². The van der Waals surface area contributed by atoms with E-state index < -0.39 is 44.1 Å². The summed E-state index contributed by atoms with van der Waals surface area (Å²) in [7, 11) is -6.67. The van der Waals surface area contributed by atoms with E-state index in [-0.39, 0.29) is 40.3 Å². The van der Waals surface area contributed by atoms with Crippen molar-refractivity contribution in [1.29, 1.82) is 0 Å². The zero-order valence-corrected chi connectivity index (χ0v) is 35.2. The van der Waals surface area contributed by atoms with Gasteiger partial charge in [0.2, 0.25) is 31.9 Å². The summed E-state index contributed by atoms with van der Waals surface area (Å²) in [6, 6.07) is 22.4. The third-order valence-corrected chi connectivity index (χ3v) is 14.0. The molecule has 0 radical (unpaired) electrons. The van der Waals surface area contributed by atoms with E-state index in [4.69, 9.17) is 33.0 Å². The molecule has 0 saturated carbocycles. The van der Waals surface area contributed by atoms with Crippen LogP contribution >= 0.6 is 23.2 Å². The predicted octanol–water partition coefficient (Wildman–Crippen LogP) is 5.88. The topological polar surface area (TPSA) is 197 Å². The number of amides is 2. The second-order valence-electron chi connectivity index (χ2n) is 13.8. The molecular formula is C41H44Cl2N4O10S2. The smallest absolute Gasteiger partial charge is 0.337 e. The fourth-order valence-electron chi connectivity index (χ4n) is 6.58. The monoisotopic (exact) mass is 886 g/mol. The number of esters is 1. The van der Waals surface area contributed by atoms with Crippen LogP contribution in [0, 0.1) is 0 Å². The van der Waals surface area contributed by atoms with Crippen molar-refractivity contribution in [1.82, 2.24) is 19.2 Å². The van der Waals surface area contributed by atoms with Crippen LogP contribution in [0.5, 0.6) is 0 Å². The lowest BCUT2D eigenvalue weighted by molar-refractivity contribution is -0.125. The second-order valence-corrected chi connectivity index (χ2v) is 18.5. The third kappa shape index (κ3) is 11.7. The Hall–Kier alpha value is -4.84. The number of nitrogens with zero attached hydrogens (tertiary/aromatic N) is 2. The van der Waals surface area contributed by atoms with E-state index in [9.17, 15) is 36.0 Å². The largest absolute Gasteiger partial charge is 0.478 e. The molecule has 2 amide bonds. The Balaban J connectivity index is 0.000000224. The first-order chi connectivity index (χ1) is 28.1. The zero-order chi connectivity index (χ0) is 42.7. The molecule has 4 aromatic carbocycles. The quantitative estimate of drug-likeness (QED) is 0.145. The molecule has 2 atom stereocenters. The van der Waals surface area contributed by atoms with Crippen LogP contribution in [0.25, 0.3) is 0 Å². The van der Waals surface area contributed by atoms with Gasteiger partial charge in [0.25, 0.3) is 0 Å². The van der Waals surface area contributed by atoms with Crippen LogP contribution in [0.4, 0.5) is 0 Å². The van der Waals surface area contributed by atoms with Crippen molar-refractivity contribution in [3.8, 4) is 0 Å². The van der Waals surface area contributed by atoms with E-state index in [0.717, 1.165) is 19.3 Å². The van der Waals surface area contributed by atoms with E-state index >= 15 is 0 Å². The van der Waals surface area contributed by atoms with E-state index in [1.54, 1.807) is 36.4 Å². The molecule has 2 aliphatic heterocycles. The molecule has 2 unspecified atom stereocenters. The molecule has 0 spiro atoms. The molecule has 2 aliphatic rings. The maximum atomic E-state index is 13.5. The summed E-state index contributed by atoms with van der Waals surface area (Å²) in [5, 5.41) is 15.5. The van der Waals surface area contributed by atoms with Gasteiger partial charge in [-0.3, -0.25) is 9.59 Å². The van der Waals surface area contributed by atoms with Crippen molar-refractivity contribution in [2.45, 2.75) is 73.5 Å². The van der Waals surface area contributed by atoms with Crippen molar-refractivity contribution >= 4 is 67.0 Å². The SMILES string of the molecule is COC(=O)c1ccc(CN(C2CCCCNC2=O)S(=O)(=O)c2ccc(Cl)cc2)cc1.O=C(O)c1ccc(CN(C2CCCCNC2=O)S(=O)(=O)c2ccc(Cl)cc2)cc1. The van der Waals surface area contributed by atoms with Gasteiger partial charge in [0, 0.05) is 36.2 Å². The van der Waals surface area contributed by atoms with Crippen molar-refractivity contribution < 1.29 is 45.9 Å². The molecular weight excluding hydrogens is 844 g/mol. The molecule has 0 bridgehead atoms. The van der Waals surface area contributed by atoms with Crippen molar-refractivity contribution in [2.75, 3.05) is 20.2 Å². The van der Waals surface area contributed by atoms with Gasteiger partial charge in [0.05, 0.1) is 28.0 Å². The highest BCUT2D eigenvalue weighted by atomic mass is 35.5. The van der Waals surface area contributed by atoms with Gasteiger partial charge < -0.3 is 20.5 Å². The minimum atomic E-state index is -3.99. The summed E-state index contributed by atoms with van der Waals surface area (Å²) in [6.07, 6.45) is 3.87. The fourth-order valence-corrected chi connectivity index (χ4v) is 10.0. The fraction of sp³-hybridized carbons (Fsp3) is 0.317. The van der Waals surface area contributed by atoms with E-state index in [0.29, 0.717) is 59.1 Å². The van der Waals surface area contributed by atoms with Crippen molar-refractivity contribution in [2.24, 2.45) is 0 Å². The standard InChI is InChI=1S/C21H23ClN2O5S.C20H21ClN2O5S/c1-29-21(26)16-7-5-15(6-8-16)14-24(19-4-2-3-13-23-20(19)25)30(27,28)18-11-9-17(22)10-12-18;21-16-8-10-17(11-9-16)29(27,28)23(18-3-1-2-12-22-19(18)24)13-14-4-6-15(7-5-14)20(25)26/h5-12,19H,2-4,13-14H2,1H3,(H,23,25);4-11,18H,1-3,12-13H2,(H,22,24)(H,25,26). The summed E-state index contributed by atoms with van der Waals surface area (Å²) in [5.74, 6) is -2.18. The average molecular weight is 888 g/mol. The highest BCUT2D eigenvalue weighted by Gasteiger charge is 2.38. The first-order valence-electron chi connectivity index (χ1n) is 18.7. The molecule has 2 fully saturated rings. The predicted molar refractivity (Wildman–Crippen MR) is 221 cm³/mol. The molecule has 2 heterocycles. The second kappa shape index (κ2) is 20.4. The highest BCUT2D eigenvalue weighted by molar-refractivity contribution is 7.89. The lowest BCUT2D eigenvalue weighted by Gasteiger charge is -2.29. The first-order valence-corrected chi connectivity index (χ1v) is 22.3. The Morgan fingerprint density at radius 3 is 1.36 bits per heavy atom. The Morgan fingerprint density at radius 1 is 0.627 bits per heavy atom. The van der Waals surface area contributed by atoms with Crippen LogP contribution in [0.3, 0.4) is 0 Å². The molecule has 314 valence electrons. The molecule has 18 heteroatoms. The van der Waals surface area contributed by atoms with Crippen LogP contribution < -0.4 is 10.6 Å². The minimum absolute atomic E-state index is 0.00943. The van der Waals surface area contributed by atoms with Crippen molar-refractivity contribution in [3.63, 3.8) is 0 Å². The van der Waals surface area contributed by atoms with Crippen LogP contribution in [0.15, 0.2) is 107 Å². The number of hydrogen-bond acceptors (Lipinski definition) is 9. The molecule has 4 aromatic rings. The van der Waals surface area contributed by atoms with Gasteiger partial charge >= 0.3 is 11.9 Å². The van der Waals surface area contributed by atoms with Gasteiger partial charge in [0.15, 0.2) is 0 Å². The molecule has 3 N–H and O–H groups in total. The Kier molecular flexibility index (Phi) is 15.7. The number of rotatable bonds is 12. The first kappa shape index (κ1) is 45.2. The average Bonchev–Trinajstić information content (AvgIpc) is 3.58. The number of aromatic carboxylic acids is 1. The van der Waals surface area contributed by atoms with E-state index in [1.165, 1.54) is 76.4 Å². The zero-order valence-electron chi connectivity index (χ0n) is 32.1. The van der Waals surface area contributed by atoms with Gasteiger partial charge in [-0.15, -0.1) is 0 Å². The molecule has 0 aromatic heterocycles. The number of sulfonamides is 2. The number of carboxylic acids is 1. The number of halogens is 2. The Labute approximate surface area is 353 Å². The highest BCUT2D eigenvalue weighted by Crippen LogP contribution is 2.28. The maximum absolute atomic E-state index is 13.5. The van der Waals surface area contributed by atoms with Gasteiger partial charge in [-0.2, -0.15) is 8.61 Å². The van der Waals surface area contributed by atoms with Crippen LogP contribution in [0.2, 0.25) is 10.0 Å². The summed E-state index contributed by atoms with van der Waals surface area (Å²) in [5.41, 5.74) is 1.70. The molecule has 59 heavy (non-hydrogen) atoms. The van der Waals surface area contributed by atoms with Gasteiger partial charge in [-0.05, 0) is 122 Å².